The predicted octanol–water partition coefficient (Wildman–Crippen LogP) is 4.44. The smallest absolute Gasteiger partial charge is 0.0687 e. The van der Waals surface area contributed by atoms with Crippen LogP contribution in [0, 0.1) is 0 Å². The second-order valence-electron chi connectivity index (χ2n) is 5.40. The number of rotatable bonds is 4. The maximum atomic E-state index is 6.29. The monoisotopic (exact) mass is 242 g/mol. The first kappa shape index (κ1) is 12.4. The van der Waals surface area contributed by atoms with Crippen molar-refractivity contribution in [3.8, 4) is 0 Å². The average molecular weight is 243 g/mol. The van der Waals surface area contributed by atoms with Crippen molar-refractivity contribution in [1.29, 1.82) is 0 Å². The quantitative estimate of drug-likeness (QED) is 0.523. The van der Waals surface area contributed by atoms with Gasteiger partial charge in [0.15, 0.2) is 0 Å². The number of allylic oxidation sites excluding steroid dienone is 1. The summed E-state index contributed by atoms with van der Waals surface area (Å²) in [7, 11) is 0. The summed E-state index contributed by atoms with van der Waals surface area (Å²) in [6.45, 7) is 2.20. The van der Waals surface area contributed by atoms with Crippen LogP contribution >= 0.6 is 11.6 Å². The fourth-order valence-corrected chi connectivity index (χ4v) is 3.28. The molecular weight excluding hydrogens is 220 g/mol. The molecule has 1 aliphatic carbocycles. The average Bonchev–Trinajstić information content (AvgIpc) is 2.87. The summed E-state index contributed by atoms with van der Waals surface area (Å²) in [6, 6.07) is 0. The molecule has 0 aromatic heterocycles. The lowest BCUT2D eigenvalue weighted by atomic mass is 9.97. The zero-order chi connectivity index (χ0) is 11.4. The third-order valence-corrected chi connectivity index (χ3v) is 4.22. The standard InChI is InChI=1S/C14H23ClO/c1-12(5-4-10-15)11-13-6-9-14(16-13)7-2-3-8-14/h5,13H,2-4,6-11H2,1H3. The number of halogens is 1. The number of ether oxygens (including phenoxy) is 1. The third-order valence-electron chi connectivity index (χ3n) is 4.00. The molecule has 0 amide bonds. The third kappa shape index (κ3) is 3.01. The van der Waals surface area contributed by atoms with Crippen LogP contribution in [0.3, 0.4) is 0 Å². The molecule has 0 radical (unpaired) electrons. The van der Waals surface area contributed by atoms with Crippen LogP contribution in [0.25, 0.3) is 0 Å². The van der Waals surface area contributed by atoms with Gasteiger partial charge in [-0.15, -0.1) is 11.6 Å². The molecule has 92 valence electrons. The van der Waals surface area contributed by atoms with E-state index in [2.05, 4.69) is 13.0 Å². The predicted molar refractivity (Wildman–Crippen MR) is 69.0 cm³/mol. The van der Waals surface area contributed by atoms with Crippen molar-refractivity contribution in [3.05, 3.63) is 11.6 Å². The maximum absolute atomic E-state index is 6.29. The zero-order valence-corrected chi connectivity index (χ0v) is 11.1. The fourth-order valence-electron chi connectivity index (χ4n) is 3.17. The van der Waals surface area contributed by atoms with Crippen molar-refractivity contribution >= 4 is 11.6 Å². The molecule has 1 spiro atoms. The van der Waals surface area contributed by atoms with Crippen LogP contribution in [0.5, 0.6) is 0 Å². The van der Waals surface area contributed by atoms with Gasteiger partial charge in [0.25, 0.3) is 0 Å². The number of hydrogen-bond acceptors (Lipinski definition) is 1. The van der Waals surface area contributed by atoms with Gasteiger partial charge in [-0.25, -0.2) is 0 Å². The summed E-state index contributed by atoms with van der Waals surface area (Å²) in [6.07, 6.45) is 12.7. The Hall–Kier alpha value is -0.0100. The van der Waals surface area contributed by atoms with Gasteiger partial charge in [0.05, 0.1) is 11.7 Å². The SMILES string of the molecule is CC(=CCCCl)CC1CCC2(CCCC2)O1. The fraction of sp³-hybridized carbons (Fsp3) is 0.857. The van der Waals surface area contributed by atoms with Crippen LogP contribution in [-0.2, 0) is 4.74 Å². The van der Waals surface area contributed by atoms with Gasteiger partial charge in [-0.2, -0.15) is 0 Å². The Morgan fingerprint density at radius 2 is 2.12 bits per heavy atom. The number of alkyl halides is 1. The molecule has 1 unspecified atom stereocenters. The van der Waals surface area contributed by atoms with Gasteiger partial charge in [-0.3, -0.25) is 0 Å². The molecular formula is C14H23ClO. The van der Waals surface area contributed by atoms with Crippen LogP contribution in [0.4, 0.5) is 0 Å². The highest BCUT2D eigenvalue weighted by molar-refractivity contribution is 6.17. The highest BCUT2D eigenvalue weighted by Gasteiger charge is 2.41. The summed E-state index contributed by atoms with van der Waals surface area (Å²) < 4.78 is 6.29. The van der Waals surface area contributed by atoms with Crippen molar-refractivity contribution in [2.75, 3.05) is 5.88 Å². The van der Waals surface area contributed by atoms with Crippen molar-refractivity contribution < 1.29 is 4.74 Å². The molecule has 1 atom stereocenters. The zero-order valence-electron chi connectivity index (χ0n) is 10.3. The lowest BCUT2D eigenvalue weighted by Crippen LogP contribution is -2.24. The molecule has 1 aliphatic heterocycles. The first-order chi connectivity index (χ1) is 7.74. The molecule has 0 aromatic rings. The number of hydrogen-bond donors (Lipinski definition) is 0. The van der Waals surface area contributed by atoms with Gasteiger partial charge in [-0.1, -0.05) is 24.5 Å². The minimum absolute atomic E-state index is 0.289. The molecule has 0 aromatic carbocycles. The summed E-state index contributed by atoms with van der Waals surface area (Å²) in [4.78, 5) is 0. The van der Waals surface area contributed by atoms with E-state index in [1.807, 2.05) is 0 Å². The maximum Gasteiger partial charge on any atom is 0.0687 e. The lowest BCUT2D eigenvalue weighted by molar-refractivity contribution is -0.0354. The molecule has 2 rings (SSSR count). The lowest BCUT2D eigenvalue weighted by Gasteiger charge is -2.23. The van der Waals surface area contributed by atoms with E-state index >= 15 is 0 Å². The summed E-state index contributed by atoms with van der Waals surface area (Å²) >= 11 is 5.68. The molecule has 1 saturated carbocycles. The molecule has 1 nitrogen and oxygen atoms in total. The van der Waals surface area contributed by atoms with Crippen LogP contribution < -0.4 is 0 Å². The molecule has 0 N–H and O–H groups in total. The van der Waals surface area contributed by atoms with E-state index in [0.29, 0.717) is 6.10 Å². The Balaban J connectivity index is 1.80. The first-order valence-corrected chi connectivity index (χ1v) is 7.17. The van der Waals surface area contributed by atoms with Crippen molar-refractivity contribution in [3.63, 3.8) is 0 Å². The minimum atomic E-state index is 0.289. The van der Waals surface area contributed by atoms with Crippen molar-refractivity contribution in [1.82, 2.24) is 0 Å². The highest BCUT2D eigenvalue weighted by Crippen LogP contribution is 2.44. The van der Waals surface area contributed by atoms with Gasteiger partial charge >= 0.3 is 0 Å². The molecule has 0 bridgehead atoms. The van der Waals surface area contributed by atoms with E-state index in [1.165, 1.54) is 44.1 Å². The van der Waals surface area contributed by atoms with E-state index in [0.717, 1.165) is 18.7 Å². The first-order valence-electron chi connectivity index (χ1n) is 6.63. The van der Waals surface area contributed by atoms with E-state index < -0.39 is 0 Å². The van der Waals surface area contributed by atoms with Gasteiger partial charge in [0, 0.05) is 5.88 Å². The second kappa shape index (κ2) is 5.55. The van der Waals surface area contributed by atoms with Gasteiger partial charge in [0.2, 0.25) is 0 Å². The highest BCUT2D eigenvalue weighted by atomic mass is 35.5. The topological polar surface area (TPSA) is 9.23 Å². The molecule has 1 heterocycles. The Morgan fingerprint density at radius 3 is 2.81 bits per heavy atom. The van der Waals surface area contributed by atoms with Crippen molar-refractivity contribution in [2.24, 2.45) is 0 Å². The van der Waals surface area contributed by atoms with Crippen LogP contribution in [0.15, 0.2) is 11.6 Å². The van der Waals surface area contributed by atoms with E-state index in [-0.39, 0.29) is 5.60 Å². The second-order valence-corrected chi connectivity index (χ2v) is 5.78. The Morgan fingerprint density at radius 1 is 1.38 bits per heavy atom. The van der Waals surface area contributed by atoms with E-state index in [4.69, 9.17) is 16.3 Å². The van der Waals surface area contributed by atoms with Gasteiger partial charge < -0.3 is 4.74 Å². The summed E-state index contributed by atoms with van der Waals surface area (Å²) in [5.41, 5.74) is 1.73. The molecule has 2 aliphatic rings. The molecule has 2 fully saturated rings. The van der Waals surface area contributed by atoms with Gasteiger partial charge in [-0.05, 0) is 45.4 Å². The summed E-state index contributed by atoms with van der Waals surface area (Å²) in [5.74, 6) is 0.729. The van der Waals surface area contributed by atoms with Crippen LogP contribution in [0.2, 0.25) is 0 Å². The van der Waals surface area contributed by atoms with Crippen LogP contribution in [0.1, 0.15) is 58.3 Å². The summed E-state index contributed by atoms with van der Waals surface area (Å²) in [5, 5.41) is 0. The molecule has 16 heavy (non-hydrogen) atoms. The van der Waals surface area contributed by atoms with Gasteiger partial charge in [0.1, 0.15) is 0 Å². The van der Waals surface area contributed by atoms with E-state index in [9.17, 15) is 0 Å². The Kier molecular flexibility index (Phi) is 4.32. The molecule has 1 saturated heterocycles. The minimum Gasteiger partial charge on any atom is -0.371 e. The Labute approximate surface area is 104 Å². The Bertz CT molecular complexity index is 253. The van der Waals surface area contributed by atoms with E-state index in [1.54, 1.807) is 0 Å². The normalized spacial score (nSPS) is 29.1. The largest absolute Gasteiger partial charge is 0.371 e. The van der Waals surface area contributed by atoms with Crippen LogP contribution in [-0.4, -0.2) is 17.6 Å². The van der Waals surface area contributed by atoms with Crippen molar-refractivity contribution in [2.45, 2.75) is 70.0 Å². The molecule has 2 heteroatoms.